The van der Waals surface area contributed by atoms with Crippen LogP contribution in [-0.2, 0) is 19.5 Å². The maximum Gasteiger partial charge on any atom is 0.123 e. The Labute approximate surface area is 146 Å². The molecule has 24 heavy (non-hydrogen) atoms. The molecule has 0 amide bonds. The van der Waals surface area contributed by atoms with Crippen LogP contribution in [0.2, 0.25) is 5.02 Å². The van der Waals surface area contributed by atoms with Gasteiger partial charge in [-0.15, -0.1) is 0 Å². The second-order valence-corrected chi connectivity index (χ2v) is 6.76. The molecule has 124 valence electrons. The van der Waals surface area contributed by atoms with Gasteiger partial charge in [0.25, 0.3) is 0 Å². The predicted molar refractivity (Wildman–Crippen MR) is 96.7 cm³/mol. The van der Waals surface area contributed by atoms with Crippen LogP contribution < -0.4 is 10.1 Å². The van der Waals surface area contributed by atoms with E-state index in [1.165, 1.54) is 11.1 Å². The summed E-state index contributed by atoms with van der Waals surface area (Å²) in [6.07, 6.45) is 3.18. The van der Waals surface area contributed by atoms with Gasteiger partial charge < -0.3 is 14.6 Å². The van der Waals surface area contributed by atoms with E-state index in [-0.39, 0.29) is 0 Å². The Morgan fingerprint density at radius 3 is 3.12 bits per heavy atom. The molecule has 0 radical (unpaired) electrons. The molecule has 1 atom stereocenters. The third kappa shape index (κ3) is 3.12. The maximum atomic E-state index is 6.00. The molecule has 0 bridgehead atoms. The van der Waals surface area contributed by atoms with Crippen LogP contribution in [0.4, 0.5) is 0 Å². The van der Waals surface area contributed by atoms with Gasteiger partial charge in [-0.25, -0.2) is 4.98 Å². The molecular formula is C19H20ClN3O. The Balaban J connectivity index is 1.34. The lowest BCUT2D eigenvalue weighted by atomic mass is 10.1. The zero-order valence-corrected chi connectivity index (χ0v) is 14.4. The molecule has 1 unspecified atom stereocenters. The number of hydrogen-bond acceptors (Lipinski definition) is 3. The molecule has 0 aliphatic carbocycles. The van der Waals surface area contributed by atoms with Gasteiger partial charge in [0.05, 0.1) is 17.4 Å². The normalized spacial score (nSPS) is 16.3. The standard InChI is InChI=1S/C19H20ClN3O/c1-13-8-15-9-14(2-5-19(15)24-13)11-21-6-7-23-12-22-17-10-16(20)3-4-18(17)23/h2-5,9-10,12-13,21H,6-8,11H2,1H3. The van der Waals surface area contributed by atoms with Gasteiger partial charge >= 0.3 is 0 Å². The van der Waals surface area contributed by atoms with Crippen molar-refractivity contribution in [3.63, 3.8) is 0 Å². The highest BCUT2D eigenvalue weighted by Gasteiger charge is 2.18. The van der Waals surface area contributed by atoms with E-state index >= 15 is 0 Å². The number of fused-ring (bicyclic) bond motifs is 2. The third-order valence-corrected chi connectivity index (χ3v) is 4.64. The summed E-state index contributed by atoms with van der Waals surface area (Å²) in [6.45, 7) is 4.74. The summed E-state index contributed by atoms with van der Waals surface area (Å²) >= 11 is 6.00. The minimum absolute atomic E-state index is 0.297. The van der Waals surface area contributed by atoms with Crippen LogP contribution in [0.25, 0.3) is 11.0 Å². The fourth-order valence-corrected chi connectivity index (χ4v) is 3.40. The number of rotatable bonds is 5. The maximum absolute atomic E-state index is 6.00. The van der Waals surface area contributed by atoms with E-state index in [2.05, 4.69) is 40.0 Å². The van der Waals surface area contributed by atoms with Crippen molar-refractivity contribution in [1.82, 2.24) is 14.9 Å². The quantitative estimate of drug-likeness (QED) is 0.717. The molecule has 4 nitrogen and oxygen atoms in total. The van der Waals surface area contributed by atoms with Crippen LogP contribution in [-0.4, -0.2) is 22.2 Å². The molecule has 0 saturated heterocycles. The smallest absolute Gasteiger partial charge is 0.123 e. The van der Waals surface area contributed by atoms with E-state index in [1.807, 2.05) is 24.5 Å². The van der Waals surface area contributed by atoms with E-state index in [1.54, 1.807) is 0 Å². The molecule has 4 rings (SSSR count). The SMILES string of the molecule is CC1Cc2cc(CNCCn3cnc4cc(Cl)ccc43)ccc2O1. The number of halogens is 1. The Kier molecular flexibility index (Phi) is 4.17. The molecule has 1 N–H and O–H groups in total. The van der Waals surface area contributed by atoms with E-state index in [4.69, 9.17) is 16.3 Å². The minimum Gasteiger partial charge on any atom is -0.490 e. The zero-order valence-electron chi connectivity index (χ0n) is 13.6. The van der Waals surface area contributed by atoms with E-state index < -0.39 is 0 Å². The van der Waals surface area contributed by atoms with Gasteiger partial charge in [-0.05, 0) is 42.3 Å². The van der Waals surface area contributed by atoms with E-state index in [0.29, 0.717) is 6.10 Å². The van der Waals surface area contributed by atoms with Crippen LogP contribution in [0.15, 0.2) is 42.7 Å². The lowest BCUT2D eigenvalue weighted by Gasteiger charge is -2.08. The summed E-state index contributed by atoms with van der Waals surface area (Å²) in [5.74, 6) is 1.04. The van der Waals surface area contributed by atoms with Crippen LogP contribution >= 0.6 is 11.6 Å². The van der Waals surface area contributed by atoms with Gasteiger partial charge in [-0.3, -0.25) is 0 Å². The van der Waals surface area contributed by atoms with Crippen molar-refractivity contribution in [2.75, 3.05) is 6.54 Å². The van der Waals surface area contributed by atoms with E-state index in [0.717, 1.165) is 47.9 Å². The molecule has 0 spiro atoms. The monoisotopic (exact) mass is 341 g/mol. The average Bonchev–Trinajstić information content (AvgIpc) is 3.13. The van der Waals surface area contributed by atoms with Crippen LogP contribution in [0.3, 0.4) is 0 Å². The largest absolute Gasteiger partial charge is 0.490 e. The van der Waals surface area contributed by atoms with Gasteiger partial charge in [-0.2, -0.15) is 0 Å². The average molecular weight is 342 g/mol. The summed E-state index contributed by atoms with van der Waals surface area (Å²) in [6, 6.07) is 12.3. The van der Waals surface area contributed by atoms with Gasteiger partial charge in [0.1, 0.15) is 11.9 Å². The molecule has 1 aromatic heterocycles. The van der Waals surface area contributed by atoms with Crippen LogP contribution in [0.1, 0.15) is 18.1 Å². The number of nitrogens with zero attached hydrogens (tertiary/aromatic N) is 2. The number of aromatic nitrogens is 2. The van der Waals surface area contributed by atoms with Gasteiger partial charge in [0, 0.05) is 31.1 Å². The molecule has 2 heterocycles. The highest BCUT2D eigenvalue weighted by atomic mass is 35.5. The second-order valence-electron chi connectivity index (χ2n) is 6.32. The highest BCUT2D eigenvalue weighted by Crippen LogP contribution is 2.29. The van der Waals surface area contributed by atoms with Crippen molar-refractivity contribution in [2.45, 2.75) is 32.5 Å². The summed E-state index contributed by atoms with van der Waals surface area (Å²) in [4.78, 5) is 4.40. The van der Waals surface area contributed by atoms with Crippen molar-refractivity contribution < 1.29 is 4.74 Å². The topological polar surface area (TPSA) is 39.1 Å². The first-order valence-corrected chi connectivity index (χ1v) is 8.66. The van der Waals surface area contributed by atoms with Crippen molar-refractivity contribution in [1.29, 1.82) is 0 Å². The van der Waals surface area contributed by atoms with Crippen LogP contribution in [0.5, 0.6) is 5.75 Å². The summed E-state index contributed by atoms with van der Waals surface area (Å²) in [5, 5.41) is 4.23. The second kappa shape index (κ2) is 6.46. The lowest BCUT2D eigenvalue weighted by Crippen LogP contribution is -2.19. The van der Waals surface area contributed by atoms with Gasteiger partial charge in [0.15, 0.2) is 0 Å². The van der Waals surface area contributed by atoms with E-state index in [9.17, 15) is 0 Å². The molecular weight excluding hydrogens is 322 g/mol. The third-order valence-electron chi connectivity index (χ3n) is 4.40. The van der Waals surface area contributed by atoms with Crippen molar-refractivity contribution >= 4 is 22.6 Å². The fraction of sp³-hybridized carbons (Fsp3) is 0.316. The molecule has 1 aliphatic rings. The molecule has 5 heteroatoms. The molecule has 3 aromatic rings. The predicted octanol–water partition coefficient (Wildman–Crippen LogP) is 3.80. The first-order valence-electron chi connectivity index (χ1n) is 8.28. The summed E-state index contributed by atoms with van der Waals surface area (Å²) in [7, 11) is 0. The Morgan fingerprint density at radius 2 is 2.21 bits per heavy atom. The number of ether oxygens (including phenoxy) is 1. The number of nitrogens with one attached hydrogen (secondary N) is 1. The zero-order chi connectivity index (χ0) is 16.5. The molecule has 1 aliphatic heterocycles. The first kappa shape index (κ1) is 15.5. The van der Waals surface area contributed by atoms with Gasteiger partial charge in [-0.1, -0.05) is 23.7 Å². The van der Waals surface area contributed by atoms with Crippen molar-refractivity contribution in [2.24, 2.45) is 0 Å². The Hall–Kier alpha value is -2.04. The van der Waals surface area contributed by atoms with Gasteiger partial charge in [0.2, 0.25) is 0 Å². The van der Waals surface area contributed by atoms with Crippen molar-refractivity contribution in [3.05, 3.63) is 58.9 Å². The lowest BCUT2D eigenvalue weighted by molar-refractivity contribution is 0.254. The first-order chi connectivity index (χ1) is 11.7. The highest BCUT2D eigenvalue weighted by molar-refractivity contribution is 6.31. The molecule has 0 saturated carbocycles. The Bertz CT molecular complexity index is 874. The molecule has 0 fully saturated rings. The number of imidazole rings is 1. The fourth-order valence-electron chi connectivity index (χ4n) is 3.23. The minimum atomic E-state index is 0.297. The van der Waals surface area contributed by atoms with Crippen molar-refractivity contribution in [3.8, 4) is 5.75 Å². The number of benzene rings is 2. The number of hydrogen-bond donors (Lipinski definition) is 1. The summed E-state index contributed by atoms with van der Waals surface area (Å²) < 4.78 is 7.90. The summed E-state index contributed by atoms with van der Waals surface area (Å²) in [5.41, 5.74) is 4.67. The van der Waals surface area contributed by atoms with Crippen LogP contribution in [0, 0.1) is 0 Å². The Morgan fingerprint density at radius 1 is 1.29 bits per heavy atom. The molecule has 2 aromatic carbocycles.